The first-order valence-electron chi connectivity index (χ1n) is 9.09. The van der Waals surface area contributed by atoms with Gasteiger partial charge in [-0.1, -0.05) is 19.9 Å². The Morgan fingerprint density at radius 3 is 2.63 bits per heavy atom. The molecule has 3 aromatic rings. The minimum absolute atomic E-state index is 0.0618. The maximum Gasteiger partial charge on any atom is 0.214 e. The van der Waals surface area contributed by atoms with Crippen LogP contribution in [0, 0.1) is 11.3 Å². The highest BCUT2D eigenvalue weighted by Gasteiger charge is 2.40. The second-order valence-electron chi connectivity index (χ2n) is 7.80. The Morgan fingerprint density at radius 2 is 1.97 bits per heavy atom. The maximum atomic E-state index is 13.3. The molecule has 3 N–H and O–H groups in total. The molecule has 0 atom stereocenters. The van der Waals surface area contributed by atoms with Gasteiger partial charge in [-0.3, -0.25) is 23.5 Å². The number of ketones is 2. The minimum atomic E-state index is -3.52. The van der Waals surface area contributed by atoms with Gasteiger partial charge in [0.15, 0.2) is 12.1 Å². The van der Waals surface area contributed by atoms with Gasteiger partial charge in [0.05, 0.1) is 22.1 Å². The summed E-state index contributed by atoms with van der Waals surface area (Å²) in [5.74, 6) is -1.81. The first-order chi connectivity index (χ1) is 14.1. The van der Waals surface area contributed by atoms with E-state index in [4.69, 9.17) is 5.26 Å². The topological polar surface area (TPSA) is 131 Å². The predicted octanol–water partition coefficient (Wildman–Crippen LogP) is 3.79. The molecule has 1 aliphatic carbocycles. The number of nitrogens with zero attached hydrogens (tertiary/aromatic N) is 1. The van der Waals surface area contributed by atoms with Gasteiger partial charge in [0, 0.05) is 27.6 Å². The van der Waals surface area contributed by atoms with E-state index in [1.54, 1.807) is 18.2 Å². The lowest BCUT2D eigenvalue weighted by atomic mass is 9.71. The molecular weight excluding hydrogens is 404 g/mol. The number of benzene rings is 2. The molecule has 0 spiro atoms. The monoisotopic (exact) mass is 422 g/mol. The Kier molecular flexibility index (Phi) is 4.43. The largest absolute Gasteiger partial charge is 0.357 e. The van der Waals surface area contributed by atoms with Crippen molar-refractivity contribution in [3.8, 4) is 6.07 Å². The number of rotatable bonds is 4. The number of hydrogen-bond acceptors (Lipinski definition) is 6. The summed E-state index contributed by atoms with van der Waals surface area (Å²) in [6, 6.07) is 11.6. The van der Waals surface area contributed by atoms with E-state index in [-0.39, 0.29) is 17.0 Å². The summed E-state index contributed by atoms with van der Waals surface area (Å²) in [7, 11) is -3.52. The van der Waals surface area contributed by atoms with Crippen molar-refractivity contribution in [1.82, 2.24) is 4.98 Å². The van der Waals surface area contributed by atoms with Crippen LogP contribution in [0.25, 0.3) is 10.9 Å². The highest BCUT2D eigenvalue weighted by molar-refractivity contribution is 8.24. The number of nitriles is 1. The molecule has 0 saturated carbocycles. The average Bonchev–Trinajstić information content (AvgIpc) is 3.11. The molecule has 8 heteroatoms. The van der Waals surface area contributed by atoms with Gasteiger partial charge in [-0.05, 0) is 35.9 Å². The third-order valence-electron chi connectivity index (χ3n) is 5.54. The summed E-state index contributed by atoms with van der Waals surface area (Å²) in [6.07, 6.45) is 0.0618. The summed E-state index contributed by atoms with van der Waals surface area (Å²) in [5, 5.41) is 9.88. The van der Waals surface area contributed by atoms with E-state index in [2.05, 4.69) is 11.1 Å². The SMILES string of the molecule is CC1(C)c2cc(S(O)(O)CC(=O)C=O)ccc2C(=O)c2c1[nH]c1cc(C#N)ccc21. The zero-order valence-corrected chi connectivity index (χ0v) is 17.0. The maximum absolute atomic E-state index is 13.3. The van der Waals surface area contributed by atoms with Crippen LogP contribution >= 0.6 is 10.6 Å². The molecule has 1 heterocycles. The van der Waals surface area contributed by atoms with E-state index in [1.807, 2.05) is 13.8 Å². The van der Waals surface area contributed by atoms with Crippen LogP contribution in [0.3, 0.4) is 0 Å². The first-order valence-corrected chi connectivity index (χ1v) is 10.8. The lowest BCUT2D eigenvalue weighted by Gasteiger charge is -2.36. The van der Waals surface area contributed by atoms with Gasteiger partial charge in [-0.25, -0.2) is 0 Å². The van der Waals surface area contributed by atoms with Crippen molar-refractivity contribution in [2.75, 3.05) is 5.75 Å². The normalized spacial score (nSPS) is 15.2. The van der Waals surface area contributed by atoms with Crippen LogP contribution in [0.5, 0.6) is 0 Å². The summed E-state index contributed by atoms with van der Waals surface area (Å²) >= 11 is 0. The standard InChI is InChI=1S/C22H18N2O5S/c1-22(2)17-8-14(30(28,29)11-13(26)10-25)4-6-15(17)20(27)19-16-5-3-12(9-23)7-18(16)24-21(19)22/h3-8,10,24,28-29H,11H2,1-2H3. The zero-order chi connectivity index (χ0) is 21.8. The van der Waals surface area contributed by atoms with E-state index in [1.165, 1.54) is 18.2 Å². The molecule has 4 rings (SSSR count). The summed E-state index contributed by atoms with van der Waals surface area (Å²) < 4.78 is 20.9. The Labute approximate surface area is 173 Å². The molecule has 0 radical (unpaired) electrons. The Hall–Kier alpha value is -3.25. The molecule has 30 heavy (non-hydrogen) atoms. The molecule has 0 amide bonds. The van der Waals surface area contributed by atoms with Gasteiger partial charge < -0.3 is 4.98 Å². The second kappa shape index (κ2) is 6.64. The van der Waals surface area contributed by atoms with Crippen molar-refractivity contribution >= 4 is 39.3 Å². The predicted molar refractivity (Wildman–Crippen MR) is 112 cm³/mol. The summed E-state index contributed by atoms with van der Waals surface area (Å²) in [6.45, 7) is 3.81. The highest BCUT2D eigenvalue weighted by Crippen LogP contribution is 2.51. The number of nitrogens with one attached hydrogen (secondary N) is 1. The average molecular weight is 422 g/mol. The summed E-state index contributed by atoms with van der Waals surface area (Å²) in [4.78, 5) is 38.7. The minimum Gasteiger partial charge on any atom is -0.357 e. The number of carbonyl (C=O) groups is 3. The van der Waals surface area contributed by atoms with Crippen LogP contribution in [0.2, 0.25) is 0 Å². The fraction of sp³-hybridized carbons (Fsp3) is 0.182. The molecule has 0 fully saturated rings. The summed E-state index contributed by atoms with van der Waals surface area (Å²) in [5.41, 5.74) is 2.67. The van der Waals surface area contributed by atoms with E-state index in [0.29, 0.717) is 33.5 Å². The molecule has 0 aliphatic heterocycles. The Balaban J connectivity index is 1.90. The number of hydrogen-bond donors (Lipinski definition) is 3. The fourth-order valence-corrected chi connectivity index (χ4v) is 5.22. The lowest BCUT2D eigenvalue weighted by molar-refractivity contribution is -0.128. The Morgan fingerprint density at radius 1 is 1.23 bits per heavy atom. The van der Waals surface area contributed by atoms with E-state index >= 15 is 0 Å². The van der Waals surface area contributed by atoms with E-state index < -0.39 is 27.5 Å². The van der Waals surface area contributed by atoms with Crippen molar-refractivity contribution in [1.29, 1.82) is 5.26 Å². The van der Waals surface area contributed by atoms with Crippen LogP contribution in [0.1, 0.15) is 46.6 Å². The quantitative estimate of drug-likeness (QED) is 0.433. The molecule has 1 aromatic heterocycles. The van der Waals surface area contributed by atoms with E-state index in [0.717, 1.165) is 5.39 Å². The molecule has 0 saturated heterocycles. The number of carbonyl (C=O) groups excluding carboxylic acids is 3. The van der Waals surface area contributed by atoms with Crippen molar-refractivity contribution in [2.24, 2.45) is 0 Å². The number of aromatic amines is 1. The smallest absolute Gasteiger partial charge is 0.214 e. The van der Waals surface area contributed by atoms with Crippen molar-refractivity contribution in [3.63, 3.8) is 0 Å². The van der Waals surface area contributed by atoms with Crippen molar-refractivity contribution < 1.29 is 23.5 Å². The highest BCUT2D eigenvalue weighted by atomic mass is 32.3. The van der Waals surface area contributed by atoms with Gasteiger partial charge in [-0.15, -0.1) is 0 Å². The number of fused-ring (bicyclic) bond motifs is 4. The van der Waals surface area contributed by atoms with Crippen LogP contribution < -0.4 is 0 Å². The molecule has 1 aliphatic rings. The van der Waals surface area contributed by atoms with Crippen LogP contribution in [0.4, 0.5) is 0 Å². The number of aldehydes is 1. The lowest BCUT2D eigenvalue weighted by Crippen LogP contribution is -2.30. The van der Waals surface area contributed by atoms with E-state index in [9.17, 15) is 23.5 Å². The van der Waals surface area contributed by atoms with Gasteiger partial charge in [0.2, 0.25) is 5.78 Å². The molecule has 0 unspecified atom stereocenters. The number of aromatic nitrogens is 1. The van der Waals surface area contributed by atoms with Gasteiger partial charge >= 0.3 is 0 Å². The van der Waals surface area contributed by atoms with Gasteiger partial charge in [0.25, 0.3) is 0 Å². The first kappa shape index (κ1) is 20.0. The van der Waals surface area contributed by atoms with Gasteiger partial charge in [-0.2, -0.15) is 15.9 Å². The molecule has 0 bridgehead atoms. The molecule has 2 aromatic carbocycles. The second-order valence-corrected chi connectivity index (χ2v) is 9.90. The molecule has 7 nitrogen and oxygen atoms in total. The van der Waals surface area contributed by atoms with Gasteiger partial charge in [0.1, 0.15) is 5.75 Å². The van der Waals surface area contributed by atoms with Crippen molar-refractivity contribution in [2.45, 2.75) is 24.2 Å². The van der Waals surface area contributed by atoms with Crippen LogP contribution in [0.15, 0.2) is 41.3 Å². The fourth-order valence-electron chi connectivity index (χ4n) is 4.00. The number of Topliss-reactive ketones (excluding diaryl/α,β-unsaturated/α-hetero) is 1. The van der Waals surface area contributed by atoms with Crippen LogP contribution in [-0.2, 0) is 15.0 Å². The molecule has 152 valence electrons. The molecular formula is C22H18N2O5S. The zero-order valence-electron chi connectivity index (χ0n) is 16.2. The third kappa shape index (κ3) is 2.87. The third-order valence-corrected chi connectivity index (χ3v) is 7.24. The van der Waals surface area contributed by atoms with Crippen LogP contribution in [-0.4, -0.2) is 37.7 Å². The Bertz CT molecular complexity index is 1300. The van der Waals surface area contributed by atoms with Crippen molar-refractivity contribution in [3.05, 3.63) is 64.3 Å². The number of H-pyrrole nitrogens is 1.